The van der Waals surface area contributed by atoms with Gasteiger partial charge in [0, 0.05) is 11.8 Å². The predicted molar refractivity (Wildman–Crippen MR) is 107 cm³/mol. The molecule has 0 spiro atoms. The van der Waals surface area contributed by atoms with Crippen molar-refractivity contribution in [1.29, 1.82) is 0 Å². The number of nitrogens with zero attached hydrogens (tertiary/aromatic N) is 1. The molecule has 2 N–H and O–H groups in total. The third kappa shape index (κ3) is 5.57. The van der Waals surface area contributed by atoms with Gasteiger partial charge < -0.3 is 10.6 Å². The van der Waals surface area contributed by atoms with Crippen LogP contribution in [0, 0.1) is 17.7 Å². The number of amides is 2. The summed E-state index contributed by atoms with van der Waals surface area (Å²) in [5.74, 6) is -8.85. The van der Waals surface area contributed by atoms with Crippen LogP contribution in [0.15, 0.2) is 30.3 Å². The fourth-order valence-corrected chi connectivity index (χ4v) is 2.47. The molecule has 2 aromatic rings. The van der Waals surface area contributed by atoms with Gasteiger partial charge in [-0.05, 0) is 35.4 Å². The summed E-state index contributed by atoms with van der Waals surface area (Å²) in [6.07, 6.45) is -5.96. The number of hydrogen-bond donors (Lipinski definition) is 2. The van der Waals surface area contributed by atoms with Crippen molar-refractivity contribution in [3.63, 3.8) is 0 Å². The third-order valence-electron chi connectivity index (χ3n) is 4.37. The van der Waals surface area contributed by atoms with Gasteiger partial charge in [0.05, 0.1) is 5.56 Å². The standard InChI is InChI=1S/C21H21F6N3O2/c1-10(2)18(31)29-16-8-13(9-17(28-16)30-19(32)11(3)4)12-5-6-14(15(22)7-12)20(23,24)21(25,26)27/h5-11H,1-4H3,(H2,28,29,30,31,32). The van der Waals surface area contributed by atoms with Crippen molar-refractivity contribution in [3.8, 4) is 11.1 Å². The summed E-state index contributed by atoms with van der Waals surface area (Å²) in [7, 11) is 0. The van der Waals surface area contributed by atoms with Crippen LogP contribution in [-0.4, -0.2) is 23.0 Å². The van der Waals surface area contributed by atoms with E-state index in [4.69, 9.17) is 0 Å². The van der Waals surface area contributed by atoms with E-state index < -0.39 is 47.1 Å². The van der Waals surface area contributed by atoms with Crippen molar-refractivity contribution in [2.45, 2.75) is 39.8 Å². The number of aromatic nitrogens is 1. The molecule has 0 atom stereocenters. The second-order valence-electron chi connectivity index (χ2n) is 7.68. The topological polar surface area (TPSA) is 71.1 Å². The highest BCUT2D eigenvalue weighted by Gasteiger charge is 2.59. The lowest BCUT2D eigenvalue weighted by molar-refractivity contribution is -0.290. The number of anilines is 2. The van der Waals surface area contributed by atoms with Gasteiger partial charge in [-0.25, -0.2) is 9.37 Å². The fraction of sp³-hybridized carbons (Fsp3) is 0.381. The molecule has 5 nitrogen and oxygen atoms in total. The van der Waals surface area contributed by atoms with E-state index >= 15 is 0 Å². The Hall–Kier alpha value is -3.11. The maximum Gasteiger partial charge on any atom is 0.458 e. The van der Waals surface area contributed by atoms with Gasteiger partial charge in [0.25, 0.3) is 0 Å². The number of rotatable bonds is 6. The van der Waals surface area contributed by atoms with E-state index in [1.807, 2.05) is 0 Å². The highest BCUT2D eigenvalue weighted by atomic mass is 19.4. The minimum Gasteiger partial charge on any atom is -0.310 e. The van der Waals surface area contributed by atoms with E-state index in [2.05, 4.69) is 15.6 Å². The van der Waals surface area contributed by atoms with Crippen LogP contribution in [-0.2, 0) is 15.5 Å². The van der Waals surface area contributed by atoms with Gasteiger partial charge in [-0.15, -0.1) is 0 Å². The molecule has 0 aliphatic rings. The molecule has 1 aromatic heterocycles. The number of hydrogen-bond acceptors (Lipinski definition) is 3. The first-order chi connectivity index (χ1) is 14.6. The minimum absolute atomic E-state index is 0.0228. The first-order valence-corrected chi connectivity index (χ1v) is 9.52. The lowest BCUT2D eigenvalue weighted by atomic mass is 10.0. The van der Waals surface area contributed by atoms with Gasteiger partial charge in [0.15, 0.2) is 0 Å². The Balaban J connectivity index is 2.54. The molecule has 2 rings (SSSR count). The molecule has 0 saturated heterocycles. The second-order valence-corrected chi connectivity index (χ2v) is 7.68. The van der Waals surface area contributed by atoms with Crippen LogP contribution >= 0.6 is 0 Å². The van der Waals surface area contributed by atoms with Gasteiger partial charge in [-0.2, -0.15) is 22.0 Å². The van der Waals surface area contributed by atoms with E-state index in [1.54, 1.807) is 27.7 Å². The van der Waals surface area contributed by atoms with Gasteiger partial charge in [-0.1, -0.05) is 33.8 Å². The molecular formula is C21H21F6N3O2. The summed E-state index contributed by atoms with van der Waals surface area (Å²) in [5, 5.41) is 5.00. The van der Waals surface area contributed by atoms with Crippen LogP contribution in [0.1, 0.15) is 33.3 Å². The molecular weight excluding hydrogens is 440 g/mol. The summed E-state index contributed by atoms with van der Waals surface area (Å²) in [6.45, 7) is 6.48. The van der Waals surface area contributed by atoms with Crippen LogP contribution in [0.3, 0.4) is 0 Å². The van der Waals surface area contributed by atoms with E-state index in [9.17, 15) is 35.9 Å². The normalized spacial score (nSPS) is 12.2. The van der Waals surface area contributed by atoms with Crippen LogP contribution in [0.4, 0.5) is 38.0 Å². The van der Waals surface area contributed by atoms with Crippen molar-refractivity contribution < 1.29 is 35.9 Å². The maximum absolute atomic E-state index is 14.3. The number of nitrogens with one attached hydrogen (secondary N) is 2. The molecule has 1 aromatic carbocycles. The van der Waals surface area contributed by atoms with E-state index in [0.29, 0.717) is 12.1 Å². The van der Waals surface area contributed by atoms with Crippen LogP contribution < -0.4 is 10.6 Å². The van der Waals surface area contributed by atoms with Crippen molar-refractivity contribution in [1.82, 2.24) is 4.98 Å². The number of carbonyl (C=O) groups is 2. The molecule has 174 valence electrons. The van der Waals surface area contributed by atoms with E-state index in [0.717, 1.165) is 6.07 Å². The highest BCUT2D eigenvalue weighted by Crippen LogP contribution is 2.45. The summed E-state index contributed by atoms with van der Waals surface area (Å²) < 4.78 is 79.2. The monoisotopic (exact) mass is 461 g/mol. The molecule has 0 aliphatic carbocycles. The number of carbonyl (C=O) groups excluding carboxylic acids is 2. The summed E-state index contributed by atoms with van der Waals surface area (Å²) in [4.78, 5) is 28.1. The zero-order valence-electron chi connectivity index (χ0n) is 17.6. The lowest BCUT2D eigenvalue weighted by Gasteiger charge is -2.20. The average Bonchev–Trinajstić information content (AvgIpc) is 2.66. The fourth-order valence-electron chi connectivity index (χ4n) is 2.47. The molecule has 0 radical (unpaired) electrons. The molecule has 0 aliphatic heterocycles. The minimum atomic E-state index is -5.96. The number of alkyl halides is 5. The van der Waals surface area contributed by atoms with Crippen molar-refractivity contribution >= 4 is 23.5 Å². The third-order valence-corrected chi connectivity index (χ3v) is 4.37. The number of benzene rings is 1. The van der Waals surface area contributed by atoms with E-state index in [-0.39, 0.29) is 22.8 Å². The predicted octanol–water partition coefficient (Wildman–Crippen LogP) is 5.73. The number of pyridine rings is 1. The molecule has 11 heteroatoms. The largest absolute Gasteiger partial charge is 0.458 e. The summed E-state index contributed by atoms with van der Waals surface area (Å²) >= 11 is 0. The first-order valence-electron chi connectivity index (χ1n) is 9.52. The summed E-state index contributed by atoms with van der Waals surface area (Å²) in [6, 6.07) is 4.31. The van der Waals surface area contributed by atoms with Crippen LogP contribution in [0.5, 0.6) is 0 Å². The van der Waals surface area contributed by atoms with Crippen molar-refractivity contribution in [2.75, 3.05) is 10.6 Å². The number of halogens is 6. The van der Waals surface area contributed by atoms with Crippen molar-refractivity contribution in [3.05, 3.63) is 41.7 Å². The molecule has 32 heavy (non-hydrogen) atoms. The maximum atomic E-state index is 14.3. The van der Waals surface area contributed by atoms with Gasteiger partial charge in [0.2, 0.25) is 11.8 Å². The molecule has 0 fully saturated rings. The molecule has 2 amide bonds. The van der Waals surface area contributed by atoms with Gasteiger partial charge in [0.1, 0.15) is 17.5 Å². The Morgan fingerprint density at radius 1 is 0.812 bits per heavy atom. The SMILES string of the molecule is CC(C)C(=O)Nc1cc(-c2ccc(C(F)(F)C(F)(F)F)c(F)c2)cc(NC(=O)C(C)C)n1. The highest BCUT2D eigenvalue weighted by molar-refractivity contribution is 5.94. The van der Waals surface area contributed by atoms with Gasteiger partial charge in [-0.3, -0.25) is 9.59 Å². The second kappa shape index (κ2) is 9.17. The Bertz CT molecular complexity index is 979. The lowest BCUT2D eigenvalue weighted by Crippen LogP contribution is -2.34. The van der Waals surface area contributed by atoms with Gasteiger partial charge >= 0.3 is 12.1 Å². The molecule has 1 heterocycles. The molecule has 0 saturated carbocycles. The Labute approximate surface area is 180 Å². The first kappa shape index (κ1) is 25.2. The van der Waals surface area contributed by atoms with Crippen LogP contribution in [0.25, 0.3) is 11.1 Å². The summed E-state index contributed by atoms with van der Waals surface area (Å²) in [5.41, 5.74) is -1.75. The Kier molecular flexibility index (Phi) is 7.21. The average molecular weight is 461 g/mol. The quantitative estimate of drug-likeness (QED) is 0.540. The van der Waals surface area contributed by atoms with Crippen molar-refractivity contribution in [2.24, 2.45) is 11.8 Å². The Morgan fingerprint density at radius 2 is 1.28 bits per heavy atom. The van der Waals surface area contributed by atoms with Crippen LogP contribution in [0.2, 0.25) is 0 Å². The zero-order valence-corrected chi connectivity index (χ0v) is 17.6. The Morgan fingerprint density at radius 3 is 1.66 bits per heavy atom. The molecule has 0 bridgehead atoms. The molecule has 0 unspecified atom stereocenters. The zero-order chi connectivity index (χ0) is 24.4. The smallest absolute Gasteiger partial charge is 0.310 e. The van der Waals surface area contributed by atoms with E-state index in [1.165, 1.54) is 12.1 Å².